The molecule has 0 radical (unpaired) electrons. The van der Waals surface area contributed by atoms with Crippen molar-refractivity contribution >= 4 is 15.9 Å². The summed E-state index contributed by atoms with van der Waals surface area (Å²) in [5, 5.41) is 3.01. The largest absolute Gasteiger partial charge is 0.496 e. The van der Waals surface area contributed by atoms with E-state index in [0.29, 0.717) is 18.8 Å². The maximum Gasteiger partial charge on any atom is 0.255 e. The summed E-state index contributed by atoms with van der Waals surface area (Å²) in [6, 6.07) is 10.7. The summed E-state index contributed by atoms with van der Waals surface area (Å²) in [5.41, 5.74) is 4.04. The van der Waals surface area contributed by atoms with Gasteiger partial charge in [0.2, 0.25) is 10.0 Å². The fourth-order valence-electron chi connectivity index (χ4n) is 4.48. The van der Waals surface area contributed by atoms with Crippen molar-refractivity contribution in [1.29, 1.82) is 0 Å². The van der Waals surface area contributed by atoms with Crippen molar-refractivity contribution in [3.05, 3.63) is 58.7 Å². The van der Waals surface area contributed by atoms with E-state index in [-0.39, 0.29) is 22.4 Å². The zero-order valence-corrected chi connectivity index (χ0v) is 19.0. The molecule has 0 saturated carbocycles. The Kier molecular flexibility index (Phi) is 6.34. The molecule has 1 N–H and O–H groups in total. The lowest BCUT2D eigenvalue weighted by Gasteiger charge is -2.21. The Bertz CT molecular complexity index is 1070. The smallest absolute Gasteiger partial charge is 0.255 e. The normalized spacial score (nSPS) is 17.7. The summed E-state index contributed by atoms with van der Waals surface area (Å²) < 4.78 is 32.7. The SMILES string of the molecule is COc1ccc(S(=O)(=O)N2CCCC2)cc1C(=O)N[C@@H](C)c1ccc2c(c1)CCCC2. The van der Waals surface area contributed by atoms with Gasteiger partial charge in [-0.15, -0.1) is 0 Å². The molecule has 1 atom stereocenters. The van der Waals surface area contributed by atoms with Gasteiger partial charge in [0.15, 0.2) is 0 Å². The second-order valence-electron chi connectivity index (χ2n) is 8.40. The van der Waals surface area contributed by atoms with Gasteiger partial charge in [0.25, 0.3) is 5.91 Å². The molecule has 2 aliphatic rings. The average Bonchev–Trinajstić information content (AvgIpc) is 3.34. The number of methoxy groups -OCH3 is 1. The van der Waals surface area contributed by atoms with Gasteiger partial charge in [0.05, 0.1) is 23.6 Å². The number of carbonyl (C=O) groups excluding carboxylic acids is 1. The Hall–Kier alpha value is -2.38. The lowest BCUT2D eigenvalue weighted by atomic mass is 9.89. The summed E-state index contributed by atoms with van der Waals surface area (Å²) >= 11 is 0. The van der Waals surface area contributed by atoms with Crippen molar-refractivity contribution in [2.75, 3.05) is 20.2 Å². The summed E-state index contributed by atoms with van der Waals surface area (Å²) in [5.74, 6) is 0.0102. The van der Waals surface area contributed by atoms with Crippen LogP contribution in [0.5, 0.6) is 5.75 Å². The molecule has 2 aromatic rings. The van der Waals surface area contributed by atoms with Crippen LogP contribution in [0.25, 0.3) is 0 Å². The topological polar surface area (TPSA) is 75.7 Å². The van der Waals surface area contributed by atoms with Crippen LogP contribution in [0.2, 0.25) is 0 Å². The standard InChI is InChI=1S/C24H30N2O4S/c1-17(19-10-9-18-7-3-4-8-20(18)15-19)25-24(27)22-16-21(11-12-23(22)30-2)31(28,29)26-13-5-6-14-26/h9-12,15-17H,3-8,13-14H2,1-2H3,(H,25,27)/t17-/m0/s1. The molecule has 0 spiro atoms. The van der Waals surface area contributed by atoms with E-state index in [9.17, 15) is 13.2 Å². The Balaban J connectivity index is 1.57. The molecule has 0 aromatic heterocycles. The minimum absolute atomic E-state index is 0.127. The Morgan fingerprint density at radius 1 is 1.00 bits per heavy atom. The molecule has 0 bridgehead atoms. The third-order valence-corrected chi connectivity index (χ3v) is 8.23. The highest BCUT2D eigenvalue weighted by atomic mass is 32.2. The molecule has 0 unspecified atom stereocenters. The van der Waals surface area contributed by atoms with Crippen LogP contribution in [-0.4, -0.2) is 38.8 Å². The van der Waals surface area contributed by atoms with E-state index in [1.54, 1.807) is 6.07 Å². The quantitative estimate of drug-likeness (QED) is 0.737. The van der Waals surface area contributed by atoms with Crippen molar-refractivity contribution in [3.8, 4) is 5.75 Å². The summed E-state index contributed by atoms with van der Waals surface area (Å²) in [6.45, 7) is 2.98. The highest BCUT2D eigenvalue weighted by Crippen LogP contribution is 2.28. The molecule has 7 heteroatoms. The highest BCUT2D eigenvalue weighted by Gasteiger charge is 2.29. The van der Waals surface area contributed by atoms with Gasteiger partial charge in [0.1, 0.15) is 5.75 Å². The minimum atomic E-state index is -3.61. The first-order valence-electron chi connectivity index (χ1n) is 11.0. The number of benzene rings is 2. The van der Waals surface area contributed by atoms with Gasteiger partial charge in [-0.2, -0.15) is 4.31 Å². The number of carbonyl (C=O) groups is 1. The third kappa shape index (κ3) is 4.48. The number of rotatable bonds is 6. The van der Waals surface area contributed by atoms with Crippen molar-refractivity contribution in [2.45, 2.75) is 56.4 Å². The van der Waals surface area contributed by atoms with Gasteiger partial charge in [-0.3, -0.25) is 4.79 Å². The van der Waals surface area contributed by atoms with Gasteiger partial charge >= 0.3 is 0 Å². The fourth-order valence-corrected chi connectivity index (χ4v) is 6.03. The van der Waals surface area contributed by atoms with Crippen molar-refractivity contribution in [3.63, 3.8) is 0 Å². The van der Waals surface area contributed by atoms with Gasteiger partial charge in [-0.25, -0.2) is 8.42 Å². The lowest BCUT2D eigenvalue weighted by Crippen LogP contribution is -2.29. The van der Waals surface area contributed by atoms with Crippen LogP contribution < -0.4 is 10.1 Å². The van der Waals surface area contributed by atoms with Crippen LogP contribution in [0.1, 0.15) is 65.7 Å². The molecule has 166 valence electrons. The number of fused-ring (bicyclic) bond motifs is 1. The van der Waals surface area contributed by atoms with E-state index in [1.807, 2.05) is 6.92 Å². The molecule has 31 heavy (non-hydrogen) atoms. The number of sulfonamides is 1. The molecule has 2 aromatic carbocycles. The van der Waals surface area contributed by atoms with Gasteiger partial charge in [0, 0.05) is 13.1 Å². The molecule has 1 amide bonds. The van der Waals surface area contributed by atoms with Crippen LogP contribution in [0.15, 0.2) is 41.3 Å². The first-order chi connectivity index (χ1) is 14.9. The molecule has 1 aliphatic carbocycles. The van der Waals surface area contributed by atoms with E-state index in [1.165, 1.54) is 47.5 Å². The number of aryl methyl sites for hydroxylation is 2. The van der Waals surface area contributed by atoms with Gasteiger partial charge in [-0.05, 0) is 80.3 Å². The molecule has 4 rings (SSSR count). The second-order valence-corrected chi connectivity index (χ2v) is 10.3. The minimum Gasteiger partial charge on any atom is -0.496 e. The average molecular weight is 443 g/mol. The number of hydrogen-bond acceptors (Lipinski definition) is 4. The zero-order valence-electron chi connectivity index (χ0n) is 18.2. The Labute approximate surface area is 184 Å². The van der Waals surface area contributed by atoms with Crippen molar-refractivity contribution in [2.24, 2.45) is 0 Å². The van der Waals surface area contributed by atoms with Crippen LogP contribution in [-0.2, 0) is 22.9 Å². The first kappa shape index (κ1) is 21.8. The van der Waals surface area contributed by atoms with E-state index in [0.717, 1.165) is 31.2 Å². The van der Waals surface area contributed by atoms with Crippen LogP contribution in [0.4, 0.5) is 0 Å². The monoisotopic (exact) mass is 442 g/mol. The van der Waals surface area contributed by atoms with Gasteiger partial charge in [-0.1, -0.05) is 18.2 Å². The maximum atomic E-state index is 13.1. The van der Waals surface area contributed by atoms with E-state index < -0.39 is 10.0 Å². The fraction of sp³-hybridized carbons (Fsp3) is 0.458. The number of hydrogen-bond donors (Lipinski definition) is 1. The maximum absolute atomic E-state index is 13.1. The Morgan fingerprint density at radius 2 is 1.71 bits per heavy atom. The number of amides is 1. The molecule has 1 saturated heterocycles. The van der Waals surface area contributed by atoms with Crippen molar-refractivity contribution < 1.29 is 17.9 Å². The second kappa shape index (κ2) is 9.01. The van der Waals surface area contributed by atoms with E-state index in [2.05, 4.69) is 23.5 Å². The van der Waals surface area contributed by atoms with Crippen LogP contribution in [0, 0.1) is 0 Å². The zero-order chi connectivity index (χ0) is 22.0. The summed E-state index contributed by atoms with van der Waals surface area (Å²) in [4.78, 5) is 13.2. The van der Waals surface area contributed by atoms with Crippen molar-refractivity contribution in [1.82, 2.24) is 9.62 Å². The number of nitrogens with one attached hydrogen (secondary N) is 1. The summed E-state index contributed by atoms with van der Waals surface area (Å²) in [6.07, 6.45) is 6.35. The molecular weight excluding hydrogens is 412 g/mol. The molecule has 1 heterocycles. The first-order valence-corrected chi connectivity index (χ1v) is 12.4. The molecule has 1 fully saturated rings. The number of ether oxygens (including phenoxy) is 1. The third-order valence-electron chi connectivity index (χ3n) is 6.34. The number of nitrogens with zero attached hydrogens (tertiary/aromatic N) is 1. The molecule has 1 aliphatic heterocycles. The molecule has 6 nitrogen and oxygen atoms in total. The van der Waals surface area contributed by atoms with E-state index >= 15 is 0 Å². The van der Waals surface area contributed by atoms with Crippen LogP contribution in [0.3, 0.4) is 0 Å². The predicted molar refractivity (Wildman–Crippen MR) is 120 cm³/mol. The lowest BCUT2D eigenvalue weighted by molar-refractivity contribution is 0.0936. The predicted octanol–water partition coefficient (Wildman–Crippen LogP) is 3.85. The molecular formula is C24H30N2O4S. The summed E-state index contributed by atoms with van der Waals surface area (Å²) in [7, 11) is -2.13. The van der Waals surface area contributed by atoms with E-state index in [4.69, 9.17) is 4.74 Å². The van der Waals surface area contributed by atoms with Crippen LogP contribution >= 0.6 is 0 Å². The Morgan fingerprint density at radius 3 is 2.42 bits per heavy atom. The highest BCUT2D eigenvalue weighted by molar-refractivity contribution is 7.89. The van der Waals surface area contributed by atoms with Gasteiger partial charge < -0.3 is 10.1 Å².